The molecular weight excluding hydrogens is 354 g/mol. The highest BCUT2D eigenvalue weighted by atomic mass is 16.2. The number of hydrogen-bond donors (Lipinski definition) is 2. The fourth-order valence-corrected chi connectivity index (χ4v) is 3.02. The van der Waals surface area contributed by atoms with Gasteiger partial charge >= 0.3 is 0 Å². The molecular formula is C21H27N5O2. The van der Waals surface area contributed by atoms with Crippen LogP contribution in [0.25, 0.3) is 0 Å². The number of hydrogen-bond acceptors (Lipinski definition) is 5. The molecule has 148 valence electrons. The molecule has 1 aliphatic rings. The van der Waals surface area contributed by atoms with Crippen LogP contribution >= 0.6 is 0 Å². The highest BCUT2D eigenvalue weighted by Gasteiger charge is 2.17. The number of carbonyl (C=O) groups excluding carboxylic acids is 2. The van der Waals surface area contributed by atoms with Crippen LogP contribution in [0.3, 0.4) is 0 Å². The minimum absolute atomic E-state index is 0.229. The Labute approximate surface area is 165 Å². The zero-order chi connectivity index (χ0) is 19.9. The van der Waals surface area contributed by atoms with E-state index in [-0.39, 0.29) is 11.8 Å². The van der Waals surface area contributed by atoms with Crippen molar-refractivity contribution in [3.63, 3.8) is 0 Å². The lowest BCUT2D eigenvalue weighted by Crippen LogP contribution is -2.45. The molecule has 2 heterocycles. The molecule has 0 aliphatic carbocycles. The zero-order valence-electron chi connectivity index (χ0n) is 16.4. The number of likely N-dealkylation sites (N-methyl/N-ethyl adjacent to an activating group) is 1. The summed E-state index contributed by atoms with van der Waals surface area (Å²) < 4.78 is 0. The van der Waals surface area contributed by atoms with Crippen molar-refractivity contribution >= 4 is 17.6 Å². The van der Waals surface area contributed by atoms with E-state index >= 15 is 0 Å². The first kappa shape index (κ1) is 19.8. The summed E-state index contributed by atoms with van der Waals surface area (Å²) in [5.74, 6) is 0.473. The summed E-state index contributed by atoms with van der Waals surface area (Å²) in [4.78, 5) is 33.5. The lowest BCUT2D eigenvalue weighted by molar-refractivity contribution is -0.122. The highest BCUT2D eigenvalue weighted by molar-refractivity contribution is 5.97. The topological polar surface area (TPSA) is 77.6 Å². The maximum absolute atomic E-state index is 12.3. The van der Waals surface area contributed by atoms with Crippen molar-refractivity contribution in [2.24, 2.45) is 0 Å². The number of anilines is 1. The number of nitrogens with one attached hydrogen (secondary N) is 2. The number of rotatable bonds is 6. The predicted molar refractivity (Wildman–Crippen MR) is 109 cm³/mol. The second-order valence-corrected chi connectivity index (χ2v) is 7.09. The van der Waals surface area contributed by atoms with Crippen LogP contribution in [0.1, 0.15) is 22.8 Å². The van der Waals surface area contributed by atoms with Crippen molar-refractivity contribution in [3.8, 4) is 0 Å². The summed E-state index contributed by atoms with van der Waals surface area (Å²) in [6, 6.07) is 12.2. The van der Waals surface area contributed by atoms with Gasteiger partial charge in [0.15, 0.2) is 0 Å². The molecule has 2 aromatic rings. The Morgan fingerprint density at radius 1 is 1.07 bits per heavy atom. The van der Waals surface area contributed by atoms with E-state index in [1.807, 2.05) is 18.2 Å². The molecule has 28 heavy (non-hydrogen) atoms. The molecule has 1 aromatic carbocycles. The van der Waals surface area contributed by atoms with Crippen molar-refractivity contribution in [2.45, 2.75) is 19.5 Å². The van der Waals surface area contributed by atoms with Gasteiger partial charge in [0.1, 0.15) is 11.9 Å². The number of carbonyl (C=O) groups is 2. The lowest BCUT2D eigenvalue weighted by atomic mass is 10.2. The van der Waals surface area contributed by atoms with E-state index in [1.165, 1.54) is 0 Å². The molecule has 0 saturated carbocycles. The molecule has 0 spiro atoms. The average Bonchev–Trinajstić information content (AvgIpc) is 2.73. The first-order chi connectivity index (χ1) is 13.5. The van der Waals surface area contributed by atoms with E-state index in [1.54, 1.807) is 37.4 Å². The first-order valence-corrected chi connectivity index (χ1v) is 9.55. The van der Waals surface area contributed by atoms with Gasteiger partial charge in [0.05, 0.1) is 0 Å². The molecule has 1 fully saturated rings. The standard InChI is InChI=1S/C21H27N5O2/c1-16(24-21(28)18-6-4-3-5-7-18)20(27)23-15-17-8-9-19(22-14-17)26-12-10-25(2)11-13-26/h3-9,14,16H,10-13,15H2,1-2H3,(H,23,27)(H,24,28). The van der Waals surface area contributed by atoms with E-state index in [0.717, 1.165) is 37.6 Å². The Balaban J connectivity index is 1.46. The smallest absolute Gasteiger partial charge is 0.251 e. The van der Waals surface area contributed by atoms with Gasteiger partial charge in [-0.15, -0.1) is 0 Å². The summed E-state index contributed by atoms with van der Waals surface area (Å²) >= 11 is 0. The molecule has 3 rings (SSSR count). The zero-order valence-corrected chi connectivity index (χ0v) is 16.4. The molecule has 1 saturated heterocycles. The third kappa shape index (κ3) is 5.29. The highest BCUT2D eigenvalue weighted by Crippen LogP contribution is 2.13. The largest absolute Gasteiger partial charge is 0.354 e. The maximum atomic E-state index is 12.3. The van der Waals surface area contributed by atoms with Crippen LogP contribution in [-0.2, 0) is 11.3 Å². The van der Waals surface area contributed by atoms with Crippen molar-refractivity contribution in [1.29, 1.82) is 0 Å². The SMILES string of the molecule is CC(NC(=O)c1ccccc1)C(=O)NCc1ccc(N2CCN(C)CC2)nc1. The van der Waals surface area contributed by atoms with Crippen LogP contribution in [-0.4, -0.2) is 61.0 Å². The summed E-state index contributed by atoms with van der Waals surface area (Å²) in [6.07, 6.45) is 1.79. The monoisotopic (exact) mass is 381 g/mol. The number of aromatic nitrogens is 1. The van der Waals surface area contributed by atoms with Crippen molar-refractivity contribution in [2.75, 3.05) is 38.1 Å². The summed E-state index contributed by atoms with van der Waals surface area (Å²) in [7, 11) is 2.12. The molecule has 7 nitrogen and oxygen atoms in total. The maximum Gasteiger partial charge on any atom is 0.251 e. The second kappa shape index (κ2) is 9.32. The van der Waals surface area contributed by atoms with E-state index in [9.17, 15) is 9.59 Å². The fourth-order valence-electron chi connectivity index (χ4n) is 3.02. The third-order valence-corrected chi connectivity index (χ3v) is 4.88. The second-order valence-electron chi connectivity index (χ2n) is 7.09. The van der Waals surface area contributed by atoms with Gasteiger partial charge in [-0.2, -0.15) is 0 Å². The van der Waals surface area contributed by atoms with Gasteiger partial charge in [-0.1, -0.05) is 24.3 Å². The van der Waals surface area contributed by atoms with E-state index < -0.39 is 6.04 Å². The van der Waals surface area contributed by atoms with Gasteiger partial charge in [0.25, 0.3) is 5.91 Å². The van der Waals surface area contributed by atoms with E-state index in [0.29, 0.717) is 12.1 Å². The van der Waals surface area contributed by atoms with Crippen LogP contribution < -0.4 is 15.5 Å². The Morgan fingerprint density at radius 3 is 2.43 bits per heavy atom. The average molecular weight is 381 g/mol. The van der Waals surface area contributed by atoms with Crippen molar-refractivity contribution in [1.82, 2.24) is 20.5 Å². The molecule has 1 aromatic heterocycles. The molecule has 1 unspecified atom stereocenters. The molecule has 7 heteroatoms. The van der Waals surface area contributed by atoms with Gasteiger partial charge in [0, 0.05) is 44.5 Å². The van der Waals surface area contributed by atoms with Crippen LogP contribution in [0.2, 0.25) is 0 Å². The Hall–Kier alpha value is -2.93. The number of benzene rings is 1. The molecule has 1 atom stereocenters. The molecule has 2 N–H and O–H groups in total. The summed E-state index contributed by atoms with van der Waals surface area (Å²) in [5, 5.41) is 5.56. The predicted octanol–water partition coefficient (Wildman–Crippen LogP) is 1.27. The fraction of sp³-hybridized carbons (Fsp3) is 0.381. The number of amides is 2. The number of pyridine rings is 1. The van der Waals surface area contributed by atoms with E-state index in [4.69, 9.17) is 0 Å². The Kier molecular flexibility index (Phi) is 6.60. The molecule has 1 aliphatic heterocycles. The van der Waals surface area contributed by atoms with Crippen molar-refractivity contribution < 1.29 is 9.59 Å². The van der Waals surface area contributed by atoms with Gasteiger partial charge in [-0.25, -0.2) is 4.98 Å². The van der Waals surface area contributed by atoms with Crippen LogP contribution in [0.4, 0.5) is 5.82 Å². The lowest BCUT2D eigenvalue weighted by Gasteiger charge is -2.33. The molecule has 0 bridgehead atoms. The minimum atomic E-state index is -0.620. The van der Waals surface area contributed by atoms with E-state index in [2.05, 4.69) is 32.5 Å². The molecule has 0 radical (unpaired) electrons. The third-order valence-electron chi connectivity index (χ3n) is 4.88. The van der Waals surface area contributed by atoms with Gasteiger partial charge in [-0.05, 0) is 37.7 Å². The van der Waals surface area contributed by atoms with Crippen LogP contribution in [0.5, 0.6) is 0 Å². The summed E-state index contributed by atoms with van der Waals surface area (Å²) in [5.41, 5.74) is 1.46. The first-order valence-electron chi connectivity index (χ1n) is 9.55. The van der Waals surface area contributed by atoms with Gasteiger partial charge in [0.2, 0.25) is 5.91 Å². The van der Waals surface area contributed by atoms with Crippen LogP contribution in [0, 0.1) is 0 Å². The number of piperazine rings is 1. The Bertz CT molecular complexity index is 786. The Morgan fingerprint density at radius 2 is 1.79 bits per heavy atom. The quantitative estimate of drug-likeness (QED) is 0.788. The van der Waals surface area contributed by atoms with Gasteiger partial charge < -0.3 is 20.4 Å². The minimum Gasteiger partial charge on any atom is -0.354 e. The van der Waals surface area contributed by atoms with Crippen molar-refractivity contribution in [3.05, 3.63) is 59.8 Å². The molecule has 2 amide bonds. The normalized spacial score (nSPS) is 15.7. The van der Waals surface area contributed by atoms with Crippen LogP contribution in [0.15, 0.2) is 48.7 Å². The summed E-state index contributed by atoms with van der Waals surface area (Å²) in [6.45, 7) is 6.06. The van der Waals surface area contributed by atoms with Gasteiger partial charge in [-0.3, -0.25) is 9.59 Å². The number of nitrogens with zero attached hydrogens (tertiary/aromatic N) is 3.